The third-order valence-electron chi connectivity index (χ3n) is 10.9. The molecule has 394 valence electrons. The van der Waals surface area contributed by atoms with Crippen molar-refractivity contribution in [1.29, 1.82) is 0 Å². The van der Waals surface area contributed by atoms with Gasteiger partial charge in [0.25, 0.3) is 10.4 Å². The first kappa shape index (κ1) is 66.0. The molecule has 0 aliphatic heterocycles. The summed E-state index contributed by atoms with van der Waals surface area (Å²) in [6, 6.07) is 12.4. The average molecular weight is 1110 g/mol. The predicted molar refractivity (Wildman–Crippen MR) is 268 cm³/mol. The number of H-pyrrole nitrogens is 1. The Morgan fingerprint density at radius 2 is 1.12 bits per heavy atom. The fraction of sp³-hybridized carbons (Fsp3) is 0.383. The molecule has 0 spiro atoms. The summed E-state index contributed by atoms with van der Waals surface area (Å²) in [7, 11) is -5.62. The Morgan fingerprint density at radius 1 is 0.627 bits per heavy atom. The summed E-state index contributed by atoms with van der Waals surface area (Å²) in [5, 5.41) is 29.8. The molecule has 3 aromatic carbocycles. The Balaban J connectivity index is 0.00000963. The largest absolute Gasteiger partial charge is 1.00 e. The van der Waals surface area contributed by atoms with Gasteiger partial charge in [-0.05, 0) is 59.6 Å². The first-order valence-corrected chi connectivity index (χ1v) is 26.6. The van der Waals surface area contributed by atoms with Gasteiger partial charge in [0.05, 0.1) is 13.0 Å². The molecule has 1 aromatic heterocycles. The van der Waals surface area contributed by atoms with Gasteiger partial charge in [0.1, 0.15) is 36.3 Å². The summed E-state index contributed by atoms with van der Waals surface area (Å²) in [5.41, 5.74) is 7.95. The molecule has 23 nitrogen and oxygen atoms in total. The van der Waals surface area contributed by atoms with Crippen molar-refractivity contribution in [2.75, 3.05) is 30.6 Å². The number of rotatable bonds is 29. The fourth-order valence-corrected chi connectivity index (χ4v) is 8.51. The minimum Gasteiger partial charge on any atom is -0.872 e. The molecular weight excluding hydrogens is 1060 g/mol. The van der Waals surface area contributed by atoms with Gasteiger partial charge in [-0.25, -0.2) is 8.42 Å². The van der Waals surface area contributed by atoms with Gasteiger partial charge in [0.2, 0.25) is 47.3 Å². The molecule has 28 heteroatoms. The first-order chi connectivity index (χ1) is 34.7. The summed E-state index contributed by atoms with van der Waals surface area (Å²) in [5.74, 6) is -8.42. The van der Waals surface area contributed by atoms with E-state index in [1.54, 1.807) is 73.3 Å². The monoisotopic (exact) mass is 1110 g/mol. The molecule has 6 atom stereocenters. The van der Waals surface area contributed by atoms with Gasteiger partial charge in [0, 0.05) is 43.3 Å². The average Bonchev–Trinajstić information content (AvgIpc) is 3.74. The second-order valence-electron chi connectivity index (χ2n) is 16.5. The normalized spacial score (nSPS) is 13.3. The summed E-state index contributed by atoms with van der Waals surface area (Å²) in [6.45, 7) is 0.520. The number of hydrogen-bond acceptors (Lipinski definition) is 16. The molecule has 1 heterocycles. The maximum atomic E-state index is 14.3. The van der Waals surface area contributed by atoms with Crippen molar-refractivity contribution >= 4 is 98.1 Å². The molecule has 0 aliphatic carbocycles. The van der Waals surface area contributed by atoms with Crippen molar-refractivity contribution in [3.05, 3.63) is 102 Å². The number of aromatic nitrogens is 1. The second-order valence-corrected chi connectivity index (χ2v) is 19.4. The number of benzene rings is 3. The number of hydrogen-bond donors (Lipinski definition) is 9. The van der Waals surface area contributed by atoms with Crippen LogP contribution in [0.1, 0.15) is 42.9 Å². The molecule has 0 fully saturated rings. The van der Waals surface area contributed by atoms with Crippen LogP contribution < -0.4 is 107 Å². The number of fused-ring (bicyclic) bond motifs is 1. The van der Waals surface area contributed by atoms with Crippen LogP contribution in [-0.2, 0) is 77.0 Å². The predicted octanol–water partition coefficient (Wildman–Crippen LogP) is -7.29. The first-order valence-electron chi connectivity index (χ1n) is 22.5. The molecule has 8 amide bonds. The van der Waals surface area contributed by atoms with Gasteiger partial charge in [-0.15, -0.1) is 5.75 Å². The molecule has 6 unspecified atom stereocenters. The van der Waals surface area contributed by atoms with Crippen LogP contribution in [0.4, 0.5) is 0 Å². The standard InChI is InChI=1S/C47H59N9O14S3.2Na/c1-27(57)51-37(22-29-13-15-31(58)16-14-29)45(64)53-34(17-19-71-2)43(62)50-26-40(59)52-38(23-30-25-49-33-12-8-7-11-32(30)33)46(65)54-35(18-20-72-3)44(63)56-39(24-41(60)70-73(67,68)69)47(66)55-36(42(48)61)21-28-9-5-4-6-10-28;;/h4-16,25,34-39,49,58H,17-24,26H2,1-3H3,(H2,48,61)(H,50,62)(H,51,57)(H,52,59)(H,53,64)(H,54,65)(H,55,66)(H,56,63)(H,67,68,69);;/q;2*+1/p-2. The number of carbonyl (C=O) groups excluding carboxylic acids is 9. The zero-order chi connectivity index (χ0) is 53.7. The van der Waals surface area contributed by atoms with Gasteiger partial charge in [-0.2, -0.15) is 23.5 Å². The van der Waals surface area contributed by atoms with Crippen LogP contribution in [0, 0.1) is 0 Å². The summed E-state index contributed by atoms with van der Waals surface area (Å²) >= 11 is 2.65. The molecule has 4 rings (SSSR count). The van der Waals surface area contributed by atoms with Gasteiger partial charge < -0.3 is 61.8 Å². The molecule has 10 N–H and O–H groups in total. The van der Waals surface area contributed by atoms with Crippen LogP contribution in [-0.4, -0.2) is 138 Å². The van der Waals surface area contributed by atoms with E-state index in [2.05, 4.69) is 46.4 Å². The van der Waals surface area contributed by atoms with E-state index in [1.165, 1.54) is 54.7 Å². The SMILES string of the molecule is CSCCC(NC(=O)C(Cc1ccc([O-])cc1)NC(C)=O)C(=O)NCC(=O)NC(Cc1c[nH]c2ccccc12)C(=O)NC(CCSC)C(=O)NC(CC(=O)OS(=O)(=O)[O-])C(=O)NC(Cc1ccccc1)C(N)=O.[Na+].[Na+]. The van der Waals surface area contributed by atoms with Gasteiger partial charge in [-0.3, -0.25) is 43.2 Å². The maximum Gasteiger partial charge on any atom is 1.00 e. The second kappa shape index (κ2) is 33.1. The molecule has 0 bridgehead atoms. The number of aromatic amines is 1. The van der Waals surface area contributed by atoms with Crippen LogP contribution in [0.15, 0.2) is 85.1 Å². The van der Waals surface area contributed by atoms with Crippen LogP contribution in [0.25, 0.3) is 10.9 Å². The summed E-state index contributed by atoms with van der Waals surface area (Å²) in [4.78, 5) is 123. The Labute approximate surface area is 486 Å². The van der Waals surface area contributed by atoms with Crippen LogP contribution in [0.5, 0.6) is 5.75 Å². The van der Waals surface area contributed by atoms with E-state index in [0.717, 1.165) is 0 Å². The molecule has 0 aliphatic rings. The van der Waals surface area contributed by atoms with E-state index in [0.29, 0.717) is 33.3 Å². The number of carbonyl (C=O) groups is 9. The van der Waals surface area contributed by atoms with Crippen molar-refractivity contribution in [3.63, 3.8) is 0 Å². The number of amides is 8. The van der Waals surface area contributed by atoms with Gasteiger partial charge in [0.15, 0.2) is 0 Å². The minimum absolute atomic E-state index is 0. The van der Waals surface area contributed by atoms with E-state index in [-0.39, 0.29) is 103 Å². The molecule has 0 saturated carbocycles. The van der Waals surface area contributed by atoms with E-state index >= 15 is 0 Å². The van der Waals surface area contributed by atoms with Crippen molar-refractivity contribution < 1.29 is 125 Å². The molecule has 0 saturated heterocycles. The Bertz CT molecular complexity index is 2700. The fourth-order valence-electron chi connectivity index (χ4n) is 7.28. The van der Waals surface area contributed by atoms with Crippen molar-refractivity contribution in [3.8, 4) is 5.75 Å². The maximum absolute atomic E-state index is 14.3. The topological polar surface area (TPSA) is 369 Å². The van der Waals surface area contributed by atoms with Gasteiger partial charge >= 0.3 is 65.1 Å². The zero-order valence-corrected chi connectivity index (χ0v) is 48.4. The number of primary amides is 1. The molecule has 0 radical (unpaired) electrons. The summed E-state index contributed by atoms with van der Waals surface area (Å²) in [6.07, 6.45) is 3.59. The molecule has 75 heavy (non-hydrogen) atoms. The Morgan fingerprint density at radius 3 is 1.69 bits per heavy atom. The molecular formula is C47H57N9Na2O14S3. The number of thioether (sulfide) groups is 2. The quantitative estimate of drug-likeness (QED) is 0.0139. The summed E-state index contributed by atoms with van der Waals surface area (Å²) < 4.78 is 37.7. The van der Waals surface area contributed by atoms with E-state index in [1.807, 2.05) is 0 Å². The number of para-hydroxylation sites is 1. The number of nitrogens with one attached hydrogen (secondary N) is 8. The van der Waals surface area contributed by atoms with E-state index in [9.17, 15) is 61.2 Å². The smallest absolute Gasteiger partial charge is 0.872 e. The number of nitrogens with two attached hydrogens (primary N) is 1. The zero-order valence-electron chi connectivity index (χ0n) is 41.9. The van der Waals surface area contributed by atoms with Crippen LogP contribution >= 0.6 is 23.5 Å². The van der Waals surface area contributed by atoms with Crippen molar-refractivity contribution in [1.82, 2.24) is 42.2 Å². The van der Waals surface area contributed by atoms with Crippen molar-refractivity contribution in [2.45, 2.75) is 81.7 Å². The Kier molecular flexibility index (Phi) is 29.1. The minimum atomic E-state index is -5.62. The van der Waals surface area contributed by atoms with E-state index in [4.69, 9.17) is 5.73 Å². The van der Waals surface area contributed by atoms with E-state index < -0.39 is 113 Å². The van der Waals surface area contributed by atoms with Crippen LogP contribution in [0.2, 0.25) is 0 Å². The third-order valence-corrected chi connectivity index (χ3v) is 12.5. The van der Waals surface area contributed by atoms with Crippen LogP contribution in [0.3, 0.4) is 0 Å². The molecule has 4 aromatic rings. The Hall–Kier alpha value is -5.16. The third kappa shape index (κ3) is 23.3. The van der Waals surface area contributed by atoms with Crippen molar-refractivity contribution in [2.24, 2.45) is 5.73 Å². The van der Waals surface area contributed by atoms with Gasteiger partial charge in [-0.1, -0.05) is 72.8 Å².